The zero-order valence-corrected chi connectivity index (χ0v) is 23.3. The summed E-state index contributed by atoms with van der Waals surface area (Å²) in [5, 5.41) is 3.61. The highest BCUT2D eigenvalue weighted by molar-refractivity contribution is 6.30. The lowest BCUT2D eigenvalue weighted by atomic mass is 9.85. The molecule has 8 nitrogen and oxygen atoms in total. The quantitative estimate of drug-likeness (QED) is 0.299. The highest BCUT2D eigenvalue weighted by Crippen LogP contribution is 2.28. The molecule has 2 aromatic carbocycles. The Morgan fingerprint density at radius 1 is 1.02 bits per heavy atom. The lowest BCUT2D eigenvalue weighted by Gasteiger charge is -2.29. The molecule has 1 aliphatic carbocycles. The van der Waals surface area contributed by atoms with Crippen LogP contribution in [-0.2, 0) is 13.6 Å². The molecular weight excluding hydrogens is 524 g/mol. The number of amides is 1. The maximum Gasteiger partial charge on any atom is 0.333 e. The average Bonchev–Trinajstić information content (AvgIpc) is 3.51. The number of hydrogen-bond donors (Lipinski definition) is 1. The number of rotatable bonds is 6. The van der Waals surface area contributed by atoms with E-state index in [-0.39, 0.29) is 17.6 Å². The molecule has 0 spiro atoms. The van der Waals surface area contributed by atoms with E-state index in [9.17, 15) is 9.59 Å². The fraction of sp³-hybridized carbons (Fsp3) is 0.290. The number of aryl methyl sites for hydroxylation is 2. The van der Waals surface area contributed by atoms with E-state index in [2.05, 4.69) is 15.3 Å². The Kier molecular flexibility index (Phi) is 7.02. The number of nitrogens with one attached hydrogen (secondary N) is 1. The van der Waals surface area contributed by atoms with Crippen molar-refractivity contribution >= 4 is 28.5 Å². The van der Waals surface area contributed by atoms with Gasteiger partial charge < -0.3 is 9.88 Å². The van der Waals surface area contributed by atoms with Gasteiger partial charge in [-0.25, -0.2) is 9.78 Å². The summed E-state index contributed by atoms with van der Waals surface area (Å²) >= 11 is 6.06. The van der Waals surface area contributed by atoms with Crippen LogP contribution in [0.4, 0.5) is 0 Å². The molecule has 1 fully saturated rings. The van der Waals surface area contributed by atoms with Gasteiger partial charge in [-0.15, -0.1) is 0 Å². The third kappa shape index (κ3) is 4.95. The minimum absolute atomic E-state index is 0.0392. The van der Waals surface area contributed by atoms with E-state index in [1.807, 2.05) is 82.4 Å². The lowest BCUT2D eigenvalue weighted by molar-refractivity contribution is 0.0919. The Morgan fingerprint density at radius 2 is 1.80 bits per heavy atom. The van der Waals surface area contributed by atoms with Gasteiger partial charge in [-0.1, -0.05) is 35.9 Å². The molecule has 1 saturated carbocycles. The molecule has 0 saturated heterocycles. The smallest absolute Gasteiger partial charge is 0.333 e. The van der Waals surface area contributed by atoms with Gasteiger partial charge in [0, 0.05) is 31.4 Å². The highest BCUT2D eigenvalue weighted by atomic mass is 35.5. The number of aromatic nitrogens is 5. The van der Waals surface area contributed by atoms with Gasteiger partial charge in [-0.3, -0.25) is 18.9 Å². The van der Waals surface area contributed by atoms with Crippen molar-refractivity contribution in [1.29, 1.82) is 0 Å². The summed E-state index contributed by atoms with van der Waals surface area (Å²) in [5.74, 6) is 0.212. The van der Waals surface area contributed by atoms with Gasteiger partial charge in [0.25, 0.3) is 5.91 Å². The molecule has 1 amide bonds. The first kappa shape index (κ1) is 26.1. The van der Waals surface area contributed by atoms with E-state index >= 15 is 0 Å². The van der Waals surface area contributed by atoms with E-state index in [1.54, 1.807) is 18.6 Å². The SMILES string of the molecule is Cc1ncc(Cl)cc1C(=O)NC1CCC(Cn2c(=O)n(-c3cccc(-c4cncn4C)c3)c3ccccc32)CC1. The van der Waals surface area contributed by atoms with Crippen molar-refractivity contribution in [1.82, 2.24) is 29.0 Å². The normalized spacial score (nSPS) is 17.3. The molecule has 40 heavy (non-hydrogen) atoms. The fourth-order valence-corrected chi connectivity index (χ4v) is 5.98. The second-order valence-electron chi connectivity index (χ2n) is 10.6. The van der Waals surface area contributed by atoms with E-state index in [4.69, 9.17) is 11.6 Å². The third-order valence-electron chi connectivity index (χ3n) is 7.97. The van der Waals surface area contributed by atoms with Gasteiger partial charge in [0.2, 0.25) is 0 Å². The molecule has 204 valence electrons. The van der Waals surface area contributed by atoms with Crippen LogP contribution in [0.3, 0.4) is 0 Å². The third-order valence-corrected chi connectivity index (χ3v) is 8.18. The summed E-state index contributed by atoms with van der Waals surface area (Å²) in [7, 11) is 1.96. The number of halogens is 1. The van der Waals surface area contributed by atoms with Gasteiger partial charge in [0.1, 0.15) is 0 Å². The molecule has 0 aliphatic heterocycles. The van der Waals surface area contributed by atoms with Gasteiger partial charge in [0.05, 0.1) is 51.2 Å². The van der Waals surface area contributed by atoms with Crippen LogP contribution in [-0.4, -0.2) is 35.6 Å². The van der Waals surface area contributed by atoms with Crippen LogP contribution >= 0.6 is 11.6 Å². The average molecular weight is 555 g/mol. The second-order valence-corrected chi connectivity index (χ2v) is 11.1. The van der Waals surface area contributed by atoms with Crippen LogP contribution in [0.1, 0.15) is 41.7 Å². The van der Waals surface area contributed by atoms with E-state index in [0.29, 0.717) is 28.7 Å². The molecule has 0 radical (unpaired) electrons. The van der Waals surface area contributed by atoms with Crippen molar-refractivity contribution in [2.24, 2.45) is 13.0 Å². The molecule has 1 aliphatic rings. The molecule has 5 aromatic rings. The Bertz CT molecular complexity index is 1760. The molecule has 3 aromatic heterocycles. The summed E-state index contributed by atoms with van der Waals surface area (Å²) in [6, 6.07) is 17.8. The minimum Gasteiger partial charge on any atom is -0.349 e. The van der Waals surface area contributed by atoms with Crippen LogP contribution in [0.5, 0.6) is 0 Å². The van der Waals surface area contributed by atoms with Crippen molar-refractivity contribution in [2.45, 2.75) is 45.2 Å². The summed E-state index contributed by atoms with van der Waals surface area (Å²) in [6.45, 7) is 2.46. The Hall–Kier alpha value is -4.17. The molecular formula is C31H31ClN6O2. The van der Waals surface area contributed by atoms with Crippen molar-refractivity contribution in [3.05, 3.63) is 100 Å². The molecule has 9 heteroatoms. The van der Waals surface area contributed by atoms with Crippen LogP contribution in [0, 0.1) is 12.8 Å². The summed E-state index contributed by atoms with van der Waals surface area (Å²) < 4.78 is 5.69. The topological polar surface area (TPSA) is 86.7 Å². The number of benzene rings is 2. The predicted octanol–water partition coefficient (Wildman–Crippen LogP) is 5.54. The second kappa shape index (κ2) is 10.8. The molecule has 1 N–H and O–H groups in total. The number of para-hydroxylation sites is 2. The zero-order chi connectivity index (χ0) is 27.8. The monoisotopic (exact) mass is 554 g/mol. The summed E-state index contributed by atoms with van der Waals surface area (Å²) in [5.41, 5.74) is 5.78. The highest BCUT2D eigenvalue weighted by Gasteiger charge is 2.26. The fourth-order valence-electron chi connectivity index (χ4n) is 5.82. The number of pyridine rings is 1. The van der Waals surface area contributed by atoms with Crippen LogP contribution < -0.4 is 11.0 Å². The standard InChI is InChI=1S/C31H31ClN6O2/c1-20-26(15-23(32)16-34-20)30(39)35-24-12-10-21(11-13-24)18-37-27-8-3-4-9-28(27)38(31(37)40)25-7-5-6-22(14-25)29-17-33-19-36(29)2/h3-9,14-17,19,21,24H,10-13,18H2,1-2H3,(H,35,39). The van der Waals surface area contributed by atoms with Crippen molar-refractivity contribution in [3.8, 4) is 16.9 Å². The maximum atomic E-state index is 13.9. The van der Waals surface area contributed by atoms with Gasteiger partial charge in [-0.05, 0) is 68.9 Å². The number of carbonyl (C=O) groups excluding carboxylic acids is 1. The largest absolute Gasteiger partial charge is 0.349 e. The van der Waals surface area contributed by atoms with E-state index in [0.717, 1.165) is 53.7 Å². The van der Waals surface area contributed by atoms with Crippen molar-refractivity contribution in [2.75, 3.05) is 0 Å². The number of carbonyl (C=O) groups is 1. The Balaban J connectivity index is 1.21. The number of fused-ring (bicyclic) bond motifs is 1. The number of nitrogens with zero attached hydrogens (tertiary/aromatic N) is 5. The van der Waals surface area contributed by atoms with Gasteiger partial charge in [-0.2, -0.15) is 0 Å². The van der Waals surface area contributed by atoms with Crippen molar-refractivity contribution in [3.63, 3.8) is 0 Å². The summed E-state index contributed by atoms with van der Waals surface area (Å²) in [6.07, 6.45) is 8.74. The van der Waals surface area contributed by atoms with Crippen LogP contribution in [0.15, 0.2) is 78.1 Å². The molecule has 0 unspecified atom stereocenters. The van der Waals surface area contributed by atoms with E-state index < -0.39 is 0 Å². The maximum absolute atomic E-state index is 13.9. The first-order valence-corrected chi connectivity index (χ1v) is 14.0. The molecule has 6 rings (SSSR count). The lowest BCUT2D eigenvalue weighted by Crippen LogP contribution is -2.39. The predicted molar refractivity (Wildman–Crippen MR) is 157 cm³/mol. The van der Waals surface area contributed by atoms with Gasteiger partial charge in [0.15, 0.2) is 0 Å². The van der Waals surface area contributed by atoms with Crippen LogP contribution in [0.25, 0.3) is 28.0 Å². The van der Waals surface area contributed by atoms with Crippen LogP contribution in [0.2, 0.25) is 5.02 Å². The minimum atomic E-state index is -0.136. The first-order valence-electron chi connectivity index (χ1n) is 13.6. The Labute approximate surface area is 237 Å². The Morgan fingerprint density at radius 3 is 2.55 bits per heavy atom. The zero-order valence-electron chi connectivity index (χ0n) is 22.5. The molecule has 3 heterocycles. The number of imidazole rings is 2. The molecule has 0 atom stereocenters. The van der Waals surface area contributed by atoms with Crippen molar-refractivity contribution < 1.29 is 4.79 Å². The summed E-state index contributed by atoms with van der Waals surface area (Å²) in [4.78, 5) is 35.2. The first-order chi connectivity index (χ1) is 19.4. The molecule has 0 bridgehead atoms. The van der Waals surface area contributed by atoms with E-state index in [1.165, 1.54) is 0 Å². The van der Waals surface area contributed by atoms with Gasteiger partial charge >= 0.3 is 5.69 Å². The number of hydrogen-bond acceptors (Lipinski definition) is 4.